The average molecular weight is 414 g/mol. The standard InChI is InChI=1S/C24H22N4O3/c29-24(26-18-10-11-21-22(16-18)31-15-14-30-21)25-12-13-28-20-9-5-4-8-19(20)27-23(28)17-6-2-1-3-7-17/h1-11,16H,12-15H2,(H2,25,26,29). The van der Waals surface area contributed by atoms with Gasteiger partial charge in [-0.15, -0.1) is 0 Å². The fourth-order valence-electron chi connectivity index (χ4n) is 3.69. The van der Waals surface area contributed by atoms with E-state index in [2.05, 4.69) is 15.2 Å². The number of nitrogens with one attached hydrogen (secondary N) is 2. The smallest absolute Gasteiger partial charge is 0.319 e. The summed E-state index contributed by atoms with van der Waals surface area (Å²) in [6.07, 6.45) is 0. The minimum atomic E-state index is -0.276. The van der Waals surface area contributed by atoms with Gasteiger partial charge < -0.3 is 24.7 Å². The van der Waals surface area contributed by atoms with Crippen LogP contribution in [0.4, 0.5) is 10.5 Å². The maximum absolute atomic E-state index is 12.4. The number of aromatic nitrogens is 2. The molecular formula is C24H22N4O3. The molecular weight excluding hydrogens is 392 g/mol. The zero-order chi connectivity index (χ0) is 21.0. The number of anilines is 1. The Morgan fingerprint density at radius 1 is 0.935 bits per heavy atom. The van der Waals surface area contributed by atoms with Crippen molar-refractivity contribution in [3.05, 3.63) is 72.8 Å². The highest BCUT2D eigenvalue weighted by Gasteiger charge is 2.14. The van der Waals surface area contributed by atoms with Gasteiger partial charge >= 0.3 is 6.03 Å². The quantitative estimate of drug-likeness (QED) is 0.511. The van der Waals surface area contributed by atoms with Crippen LogP contribution in [0.2, 0.25) is 0 Å². The summed E-state index contributed by atoms with van der Waals surface area (Å²) in [5.41, 5.74) is 3.66. The number of imidazole rings is 1. The first-order valence-corrected chi connectivity index (χ1v) is 10.2. The first-order valence-electron chi connectivity index (χ1n) is 10.2. The minimum absolute atomic E-state index is 0.276. The van der Waals surface area contributed by atoms with Gasteiger partial charge in [0.15, 0.2) is 11.5 Å². The van der Waals surface area contributed by atoms with Crippen LogP contribution in [0.15, 0.2) is 72.8 Å². The minimum Gasteiger partial charge on any atom is -0.486 e. The number of ether oxygens (including phenoxy) is 2. The molecule has 0 saturated carbocycles. The van der Waals surface area contributed by atoms with Crippen molar-refractivity contribution in [2.45, 2.75) is 6.54 Å². The Morgan fingerprint density at radius 3 is 2.58 bits per heavy atom. The summed E-state index contributed by atoms with van der Waals surface area (Å²) in [6.45, 7) is 2.09. The van der Waals surface area contributed by atoms with E-state index in [0.717, 1.165) is 22.4 Å². The summed E-state index contributed by atoms with van der Waals surface area (Å²) in [7, 11) is 0. The van der Waals surface area contributed by atoms with E-state index in [-0.39, 0.29) is 6.03 Å². The molecule has 156 valence electrons. The van der Waals surface area contributed by atoms with Gasteiger partial charge in [-0.1, -0.05) is 42.5 Å². The number of hydrogen-bond acceptors (Lipinski definition) is 4. The van der Waals surface area contributed by atoms with Gasteiger partial charge in [-0.25, -0.2) is 9.78 Å². The van der Waals surface area contributed by atoms with Gasteiger partial charge in [0, 0.05) is 30.4 Å². The molecule has 0 radical (unpaired) electrons. The van der Waals surface area contributed by atoms with Gasteiger partial charge in [0.05, 0.1) is 11.0 Å². The summed E-state index contributed by atoms with van der Waals surface area (Å²) < 4.78 is 13.2. The SMILES string of the molecule is O=C(NCCn1c(-c2ccccc2)nc2ccccc21)Nc1ccc2c(c1)OCCO2. The normalized spacial score (nSPS) is 12.5. The van der Waals surface area contributed by atoms with Crippen LogP contribution in [0.5, 0.6) is 11.5 Å². The summed E-state index contributed by atoms with van der Waals surface area (Å²) in [5.74, 6) is 2.22. The number of benzene rings is 3. The van der Waals surface area contributed by atoms with E-state index in [4.69, 9.17) is 14.5 Å². The molecule has 5 rings (SSSR count). The molecule has 1 aromatic heterocycles. The lowest BCUT2D eigenvalue weighted by Gasteiger charge is -2.19. The summed E-state index contributed by atoms with van der Waals surface area (Å²) in [5, 5.41) is 5.77. The second-order valence-corrected chi connectivity index (χ2v) is 7.18. The highest BCUT2D eigenvalue weighted by molar-refractivity contribution is 5.89. The van der Waals surface area contributed by atoms with Gasteiger partial charge in [0.2, 0.25) is 0 Å². The molecule has 31 heavy (non-hydrogen) atoms. The molecule has 0 fully saturated rings. The number of carbonyl (C=O) groups excluding carboxylic acids is 1. The monoisotopic (exact) mass is 414 g/mol. The average Bonchev–Trinajstić information content (AvgIpc) is 3.18. The van der Waals surface area contributed by atoms with Crippen molar-refractivity contribution in [1.82, 2.24) is 14.9 Å². The van der Waals surface area contributed by atoms with Crippen molar-refractivity contribution in [3.63, 3.8) is 0 Å². The molecule has 7 nitrogen and oxygen atoms in total. The van der Waals surface area contributed by atoms with Gasteiger partial charge in [0.1, 0.15) is 19.0 Å². The molecule has 2 amide bonds. The van der Waals surface area contributed by atoms with Gasteiger partial charge in [-0.2, -0.15) is 0 Å². The van der Waals surface area contributed by atoms with E-state index in [0.29, 0.717) is 43.5 Å². The van der Waals surface area contributed by atoms with Crippen LogP contribution in [0.3, 0.4) is 0 Å². The number of fused-ring (bicyclic) bond motifs is 2. The van der Waals surface area contributed by atoms with Crippen molar-refractivity contribution >= 4 is 22.8 Å². The van der Waals surface area contributed by atoms with Gasteiger partial charge in [0.25, 0.3) is 0 Å². The maximum Gasteiger partial charge on any atom is 0.319 e. The molecule has 1 aliphatic rings. The van der Waals surface area contributed by atoms with Crippen LogP contribution in [-0.2, 0) is 6.54 Å². The van der Waals surface area contributed by atoms with Crippen molar-refractivity contribution in [2.24, 2.45) is 0 Å². The number of nitrogens with zero attached hydrogens (tertiary/aromatic N) is 2. The first kappa shape index (κ1) is 19.0. The third-order valence-corrected chi connectivity index (χ3v) is 5.11. The van der Waals surface area contributed by atoms with Gasteiger partial charge in [-0.05, 0) is 24.3 Å². The molecule has 0 aliphatic carbocycles. The Hall–Kier alpha value is -4.00. The first-order chi connectivity index (χ1) is 15.3. The molecule has 0 saturated heterocycles. The second kappa shape index (κ2) is 8.39. The van der Waals surface area contributed by atoms with Gasteiger partial charge in [-0.3, -0.25) is 0 Å². The largest absolute Gasteiger partial charge is 0.486 e. The molecule has 0 bridgehead atoms. The van der Waals surface area contributed by atoms with E-state index in [9.17, 15) is 4.79 Å². The Labute approximate surface area is 179 Å². The third-order valence-electron chi connectivity index (χ3n) is 5.11. The van der Waals surface area contributed by atoms with Crippen molar-refractivity contribution in [1.29, 1.82) is 0 Å². The summed E-state index contributed by atoms with van der Waals surface area (Å²) >= 11 is 0. The lowest BCUT2D eigenvalue weighted by atomic mass is 10.2. The second-order valence-electron chi connectivity index (χ2n) is 7.18. The van der Waals surface area contributed by atoms with E-state index >= 15 is 0 Å². The zero-order valence-electron chi connectivity index (χ0n) is 16.9. The van der Waals surface area contributed by atoms with E-state index < -0.39 is 0 Å². The number of rotatable bonds is 5. The Balaban J connectivity index is 1.27. The molecule has 3 aromatic carbocycles. The molecule has 0 unspecified atom stereocenters. The van der Waals surface area contributed by atoms with Crippen LogP contribution in [0.1, 0.15) is 0 Å². The summed E-state index contributed by atoms with van der Waals surface area (Å²) in [6, 6.07) is 23.2. The molecule has 4 aromatic rings. The maximum atomic E-state index is 12.4. The van der Waals surface area contributed by atoms with Crippen LogP contribution < -0.4 is 20.1 Å². The van der Waals surface area contributed by atoms with Crippen LogP contribution in [0.25, 0.3) is 22.4 Å². The fraction of sp³-hybridized carbons (Fsp3) is 0.167. The Bertz CT molecular complexity index is 1220. The number of hydrogen-bond donors (Lipinski definition) is 2. The Morgan fingerprint density at radius 2 is 1.71 bits per heavy atom. The number of urea groups is 1. The topological polar surface area (TPSA) is 77.4 Å². The predicted molar refractivity (Wildman–Crippen MR) is 120 cm³/mol. The van der Waals surface area contributed by atoms with Crippen LogP contribution >= 0.6 is 0 Å². The summed E-state index contributed by atoms with van der Waals surface area (Å²) in [4.78, 5) is 17.2. The Kier molecular flexibility index (Phi) is 5.14. The number of amides is 2. The lowest BCUT2D eigenvalue weighted by Crippen LogP contribution is -2.31. The molecule has 0 atom stereocenters. The van der Waals surface area contributed by atoms with Crippen LogP contribution in [0, 0.1) is 0 Å². The predicted octanol–water partition coefficient (Wildman–Crippen LogP) is 4.30. The molecule has 1 aliphatic heterocycles. The molecule has 2 heterocycles. The van der Waals surface area contributed by atoms with Crippen molar-refractivity contribution in [2.75, 3.05) is 25.1 Å². The van der Waals surface area contributed by atoms with Crippen LogP contribution in [-0.4, -0.2) is 35.3 Å². The highest BCUT2D eigenvalue weighted by Crippen LogP contribution is 2.32. The highest BCUT2D eigenvalue weighted by atomic mass is 16.6. The fourth-order valence-corrected chi connectivity index (χ4v) is 3.69. The van der Waals surface area contributed by atoms with E-state index in [1.54, 1.807) is 18.2 Å². The number of carbonyl (C=O) groups is 1. The zero-order valence-corrected chi connectivity index (χ0v) is 16.9. The molecule has 0 spiro atoms. The van der Waals surface area contributed by atoms with E-state index in [1.165, 1.54) is 0 Å². The van der Waals surface area contributed by atoms with E-state index in [1.807, 2.05) is 54.6 Å². The van der Waals surface area contributed by atoms with Crippen molar-refractivity contribution in [3.8, 4) is 22.9 Å². The number of para-hydroxylation sites is 2. The molecule has 2 N–H and O–H groups in total. The lowest BCUT2D eigenvalue weighted by molar-refractivity contribution is 0.171. The van der Waals surface area contributed by atoms with Crippen molar-refractivity contribution < 1.29 is 14.3 Å². The molecule has 7 heteroatoms. The third kappa shape index (κ3) is 4.02.